The quantitative estimate of drug-likeness (QED) is 0.674. The van der Waals surface area contributed by atoms with Crippen molar-refractivity contribution in [2.24, 2.45) is 0 Å². The van der Waals surface area contributed by atoms with E-state index in [-0.39, 0.29) is 19.8 Å². The molecule has 23 heavy (non-hydrogen) atoms. The minimum absolute atomic E-state index is 0.226. The normalized spacial score (nSPS) is 10.9. The van der Waals surface area contributed by atoms with Crippen LogP contribution in [0.25, 0.3) is 22.6 Å². The van der Waals surface area contributed by atoms with Gasteiger partial charge in [-0.3, -0.25) is 0 Å². The minimum Gasteiger partial charge on any atom is -0.392 e. The van der Waals surface area contributed by atoms with E-state index >= 15 is 0 Å². The monoisotopic (exact) mass is 311 g/mol. The summed E-state index contributed by atoms with van der Waals surface area (Å²) >= 11 is 0. The van der Waals surface area contributed by atoms with E-state index in [1.165, 1.54) is 0 Å². The highest BCUT2D eigenvalue weighted by Crippen LogP contribution is 2.29. The number of aliphatic hydroxyl groups excluding tert-OH is 3. The van der Waals surface area contributed by atoms with Crippen molar-refractivity contribution in [3.63, 3.8) is 0 Å². The van der Waals surface area contributed by atoms with Gasteiger partial charge in [0, 0.05) is 17.2 Å². The van der Waals surface area contributed by atoms with Crippen LogP contribution in [0.2, 0.25) is 0 Å². The second-order valence-electron chi connectivity index (χ2n) is 5.19. The van der Waals surface area contributed by atoms with Gasteiger partial charge in [0.15, 0.2) is 5.76 Å². The Labute approximate surface area is 133 Å². The molecule has 5 heteroatoms. The lowest BCUT2D eigenvalue weighted by molar-refractivity contribution is 0.247. The number of rotatable bonds is 5. The van der Waals surface area contributed by atoms with Crippen molar-refractivity contribution >= 4 is 0 Å². The van der Waals surface area contributed by atoms with Gasteiger partial charge < -0.3 is 19.8 Å². The number of nitrogens with zero attached hydrogens (tertiary/aromatic N) is 1. The Morgan fingerprint density at radius 3 is 2.00 bits per heavy atom. The van der Waals surface area contributed by atoms with Crippen molar-refractivity contribution in [3.05, 3.63) is 65.2 Å². The van der Waals surface area contributed by atoms with E-state index in [4.69, 9.17) is 4.52 Å². The maximum atomic E-state index is 9.49. The first-order valence-corrected chi connectivity index (χ1v) is 7.26. The van der Waals surface area contributed by atoms with Gasteiger partial charge in [-0.2, -0.15) is 0 Å². The Hall–Kier alpha value is -2.47. The van der Waals surface area contributed by atoms with Crippen molar-refractivity contribution in [2.45, 2.75) is 19.8 Å². The molecule has 0 aliphatic carbocycles. The Balaban J connectivity index is 2.04. The van der Waals surface area contributed by atoms with Crippen LogP contribution < -0.4 is 0 Å². The molecule has 2 aromatic carbocycles. The largest absolute Gasteiger partial charge is 0.392 e. The topological polar surface area (TPSA) is 86.7 Å². The molecule has 0 radical (unpaired) electrons. The van der Waals surface area contributed by atoms with E-state index in [0.717, 1.165) is 5.56 Å². The van der Waals surface area contributed by atoms with Gasteiger partial charge in [0.05, 0.1) is 19.8 Å². The van der Waals surface area contributed by atoms with Crippen LogP contribution in [-0.2, 0) is 19.8 Å². The number of hydrogen-bond donors (Lipinski definition) is 3. The van der Waals surface area contributed by atoms with Gasteiger partial charge in [-0.05, 0) is 28.8 Å². The van der Waals surface area contributed by atoms with Gasteiger partial charge in [-0.15, -0.1) is 0 Å². The first-order valence-electron chi connectivity index (χ1n) is 7.26. The smallest absolute Gasteiger partial charge is 0.167 e. The lowest BCUT2D eigenvalue weighted by Crippen LogP contribution is -2.01. The predicted molar refractivity (Wildman–Crippen MR) is 85.1 cm³/mol. The summed E-state index contributed by atoms with van der Waals surface area (Å²) in [5, 5.41) is 32.5. The summed E-state index contributed by atoms with van der Waals surface area (Å²) < 4.78 is 5.40. The fraction of sp³-hybridized carbons (Fsp3) is 0.167. The first kappa shape index (κ1) is 15.4. The molecular formula is C18H17NO4. The van der Waals surface area contributed by atoms with Crippen LogP contribution in [0, 0.1) is 0 Å². The third kappa shape index (κ3) is 3.03. The summed E-state index contributed by atoms with van der Waals surface area (Å²) in [4.78, 5) is 0. The molecule has 118 valence electrons. The third-order valence-electron chi connectivity index (χ3n) is 3.80. The fourth-order valence-electron chi connectivity index (χ4n) is 2.58. The van der Waals surface area contributed by atoms with Crippen LogP contribution in [0.3, 0.4) is 0 Å². The molecule has 0 aliphatic heterocycles. The molecule has 5 nitrogen and oxygen atoms in total. The Kier molecular flexibility index (Phi) is 4.52. The average molecular weight is 311 g/mol. The fourth-order valence-corrected chi connectivity index (χ4v) is 2.58. The molecule has 1 aromatic heterocycles. The molecule has 0 atom stereocenters. The molecule has 0 fully saturated rings. The summed E-state index contributed by atoms with van der Waals surface area (Å²) in [5.74, 6) is 0.540. The highest BCUT2D eigenvalue weighted by Gasteiger charge is 2.14. The molecule has 3 aromatic rings. The maximum absolute atomic E-state index is 9.49. The Bertz CT molecular complexity index is 771. The Morgan fingerprint density at radius 1 is 0.783 bits per heavy atom. The highest BCUT2D eigenvalue weighted by molar-refractivity contribution is 5.68. The zero-order valence-corrected chi connectivity index (χ0v) is 12.4. The zero-order chi connectivity index (χ0) is 16.2. The lowest BCUT2D eigenvalue weighted by atomic mass is 9.97. The lowest BCUT2D eigenvalue weighted by Gasteiger charge is -2.11. The van der Waals surface area contributed by atoms with Crippen LogP contribution in [0.5, 0.6) is 0 Å². The van der Waals surface area contributed by atoms with Gasteiger partial charge in [-0.1, -0.05) is 35.5 Å². The summed E-state index contributed by atoms with van der Waals surface area (Å²) in [6, 6.07) is 14.9. The van der Waals surface area contributed by atoms with E-state index < -0.39 is 0 Å². The summed E-state index contributed by atoms with van der Waals surface area (Å²) in [5.41, 5.74) is 4.02. The summed E-state index contributed by atoms with van der Waals surface area (Å²) in [6.07, 6.45) is 0. The van der Waals surface area contributed by atoms with E-state index in [1.807, 2.05) is 36.4 Å². The second-order valence-corrected chi connectivity index (χ2v) is 5.19. The van der Waals surface area contributed by atoms with Gasteiger partial charge in [-0.25, -0.2) is 0 Å². The summed E-state index contributed by atoms with van der Waals surface area (Å²) in [6.45, 7) is -0.690. The highest BCUT2D eigenvalue weighted by atomic mass is 16.5. The average Bonchev–Trinajstić information content (AvgIpc) is 3.11. The first-order chi connectivity index (χ1) is 11.3. The summed E-state index contributed by atoms with van der Waals surface area (Å²) in [7, 11) is 0. The van der Waals surface area contributed by atoms with Crippen LogP contribution in [0.4, 0.5) is 0 Å². The van der Waals surface area contributed by atoms with Crippen molar-refractivity contribution in [3.8, 4) is 22.6 Å². The predicted octanol–water partition coefficient (Wildman–Crippen LogP) is 2.49. The molecule has 3 rings (SSSR count). The van der Waals surface area contributed by atoms with Crippen LogP contribution in [0.15, 0.2) is 53.1 Å². The molecule has 0 aliphatic rings. The van der Waals surface area contributed by atoms with E-state index in [2.05, 4.69) is 5.16 Å². The molecular weight excluding hydrogens is 294 g/mol. The van der Waals surface area contributed by atoms with Crippen LogP contribution in [0.1, 0.15) is 16.7 Å². The van der Waals surface area contributed by atoms with Crippen molar-refractivity contribution in [2.75, 3.05) is 0 Å². The zero-order valence-electron chi connectivity index (χ0n) is 12.4. The van der Waals surface area contributed by atoms with Crippen LogP contribution in [-0.4, -0.2) is 20.5 Å². The minimum atomic E-state index is -0.238. The standard InChI is InChI=1S/C18H17NO4/c20-9-14-6-13(7-15(10-21)16(14)11-22)18-8-17(19-23-18)12-4-2-1-3-5-12/h1-8,20-22H,9-11H2. The van der Waals surface area contributed by atoms with Gasteiger partial charge >= 0.3 is 0 Å². The Morgan fingerprint density at radius 2 is 1.43 bits per heavy atom. The number of benzene rings is 2. The van der Waals surface area contributed by atoms with Gasteiger partial charge in [0.25, 0.3) is 0 Å². The molecule has 0 unspecified atom stereocenters. The SMILES string of the molecule is OCc1cc(-c2cc(-c3ccccc3)no2)cc(CO)c1CO. The van der Waals surface area contributed by atoms with Crippen molar-refractivity contribution < 1.29 is 19.8 Å². The number of aliphatic hydroxyl groups is 3. The number of aromatic nitrogens is 1. The van der Waals surface area contributed by atoms with E-state index in [9.17, 15) is 15.3 Å². The third-order valence-corrected chi connectivity index (χ3v) is 3.80. The maximum Gasteiger partial charge on any atom is 0.167 e. The number of hydrogen-bond acceptors (Lipinski definition) is 5. The second kappa shape index (κ2) is 6.75. The van der Waals surface area contributed by atoms with Crippen molar-refractivity contribution in [1.82, 2.24) is 5.16 Å². The van der Waals surface area contributed by atoms with E-state index in [0.29, 0.717) is 33.7 Å². The molecule has 0 saturated carbocycles. The van der Waals surface area contributed by atoms with E-state index in [1.54, 1.807) is 12.1 Å². The molecule has 0 saturated heterocycles. The molecule has 0 amide bonds. The molecule has 1 heterocycles. The van der Waals surface area contributed by atoms with Crippen molar-refractivity contribution in [1.29, 1.82) is 0 Å². The van der Waals surface area contributed by atoms with Crippen LogP contribution >= 0.6 is 0 Å². The van der Waals surface area contributed by atoms with Gasteiger partial charge in [0.1, 0.15) is 5.69 Å². The molecule has 0 bridgehead atoms. The molecule has 3 N–H and O–H groups in total. The molecule has 0 spiro atoms. The van der Waals surface area contributed by atoms with Gasteiger partial charge in [0.2, 0.25) is 0 Å².